The van der Waals surface area contributed by atoms with Crippen LogP contribution in [0.3, 0.4) is 0 Å². The van der Waals surface area contributed by atoms with E-state index in [1.54, 1.807) is 17.7 Å². The lowest BCUT2D eigenvalue weighted by Crippen LogP contribution is -2.46. The Morgan fingerprint density at radius 2 is 1.96 bits per heavy atom. The normalized spacial score (nSPS) is 16.1. The minimum atomic E-state index is 0.923. The summed E-state index contributed by atoms with van der Waals surface area (Å²) in [5, 5.41) is 2.17. The molecule has 0 radical (unpaired) electrons. The van der Waals surface area contributed by atoms with Crippen LogP contribution in [-0.4, -0.2) is 46.0 Å². The number of thiophene rings is 1. The second-order valence-corrected chi connectivity index (χ2v) is 6.76. The molecule has 0 amide bonds. The van der Waals surface area contributed by atoms with Crippen molar-refractivity contribution in [2.75, 3.05) is 31.1 Å². The average molecular weight is 325 g/mol. The van der Waals surface area contributed by atoms with Crippen molar-refractivity contribution in [3.8, 4) is 0 Å². The molecule has 23 heavy (non-hydrogen) atoms. The Bertz CT molecular complexity index is 793. The highest BCUT2D eigenvalue weighted by Gasteiger charge is 2.21. The van der Waals surface area contributed by atoms with Crippen LogP contribution in [0, 0.1) is 6.92 Å². The number of nitrogens with zero attached hydrogens (tertiary/aromatic N) is 5. The fraction of sp³-hybridized carbons (Fsp3) is 0.353. The lowest BCUT2D eigenvalue weighted by Gasteiger charge is -2.35. The third kappa shape index (κ3) is 2.92. The fourth-order valence-corrected chi connectivity index (χ4v) is 4.04. The van der Waals surface area contributed by atoms with E-state index in [2.05, 4.69) is 49.2 Å². The molecule has 0 aromatic carbocycles. The second kappa shape index (κ2) is 6.22. The van der Waals surface area contributed by atoms with Gasteiger partial charge in [0.15, 0.2) is 0 Å². The first-order valence-electron chi connectivity index (χ1n) is 7.87. The first kappa shape index (κ1) is 14.5. The molecule has 3 aromatic rings. The number of fused-ring (bicyclic) bond motifs is 1. The van der Waals surface area contributed by atoms with E-state index in [4.69, 9.17) is 0 Å². The smallest absolute Gasteiger partial charge is 0.150 e. The van der Waals surface area contributed by atoms with Crippen molar-refractivity contribution in [3.63, 3.8) is 0 Å². The number of anilines is 1. The van der Waals surface area contributed by atoms with Gasteiger partial charge in [0.25, 0.3) is 0 Å². The van der Waals surface area contributed by atoms with Gasteiger partial charge in [-0.1, -0.05) is 6.07 Å². The second-order valence-electron chi connectivity index (χ2n) is 5.88. The summed E-state index contributed by atoms with van der Waals surface area (Å²) >= 11 is 1.75. The fourth-order valence-electron chi connectivity index (χ4n) is 3.02. The third-order valence-electron chi connectivity index (χ3n) is 4.30. The Kier molecular flexibility index (Phi) is 3.93. The number of hydrogen-bond donors (Lipinski definition) is 0. The number of rotatable bonds is 3. The van der Waals surface area contributed by atoms with E-state index < -0.39 is 0 Å². The SMILES string of the molecule is Cc1csc2c(N3CCN(Cc4ccccn4)CC3)ncnc12. The number of aromatic nitrogens is 3. The van der Waals surface area contributed by atoms with Gasteiger partial charge >= 0.3 is 0 Å². The minimum Gasteiger partial charge on any atom is -0.353 e. The molecule has 0 N–H and O–H groups in total. The van der Waals surface area contributed by atoms with Crippen LogP contribution in [0.25, 0.3) is 10.2 Å². The summed E-state index contributed by atoms with van der Waals surface area (Å²) in [5.74, 6) is 1.09. The molecular formula is C17H19N5S. The molecular weight excluding hydrogens is 306 g/mol. The molecule has 1 aliphatic rings. The van der Waals surface area contributed by atoms with Crippen LogP contribution < -0.4 is 4.90 Å². The van der Waals surface area contributed by atoms with Crippen molar-refractivity contribution in [2.24, 2.45) is 0 Å². The summed E-state index contributed by atoms with van der Waals surface area (Å²) in [6, 6.07) is 6.11. The molecule has 0 bridgehead atoms. The summed E-state index contributed by atoms with van der Waals surface area (Å²) in [6.45, 7) is 7.09. The molecule has 3 aromatic heterocycles. The topological polar surface area (TPSA) is 45.2 Å². The summed E-state index contributed by atoms with van der Waals surface area (Å²) < 4.78 is 1.21. The van der Waals surface area contributed by atoms with Crippen LogP contribution in [0.15, 0.2) is 36.1 Å². The predicted molar refractivity (Wildman–Crippen MR) is 93.9 cm³/mol. The van der Waals surface area contributed by atoms with Crippen LogP contribution in [-0.2, 0) is 6.54 Å². The summed E-state index contributed by atoms with van der Waals surface area (Å²) in [4.78, 5) is 18.2. The van der Waals surface area contributed by atoms with Crippen molar-refractivity contribution in [2.45, 2.75) is 13.5 Å². The standard InChI is InChI=1S/C17H19N5S/c1-13-11-23-16-15(13)19-12-20-17(16)22-8-6-21(7-9-22)10-14-4-2-3-5-18-14/h2-5,11-12H,6-10H2,1H3. The molecule has 6 heteroatoms. The van der Waals surface area contributed by atoms with Crippen molar-refractivity contribution >= 4 is 27.4 Å². The Labute approximate surface area is 139 Å². The van der Waals surface area contributed by atoms with Gasteiger partial charge in [-0.3, -0.25) is 9.88 Å². The minimum absolute atomic E-state index is 0.923. The molecule has 4 heterocycles. The highest BCUT2D eigenvalue weighted by atomic mass is 32.1. The number of hydrogen-bond acceptors (Lipinski definition) is 6. The molecule has 1 saturated heterocycles. The lowest BCUT2D eigenvalue weighted by molar-refractivity contribution is 0.247. The van der Waals surface area contributed by atoms with Gasteiger partial charge in [0.2, 0.25) is 0 Å². The van der Waals surface area contributed by atoms with Gasteiger partial charge in [-0.25, -0.2) is 9.97 Å². The Morgan fingerprint density at radius 3 is 2.74 bits per heavy atom. The molecule has 1 aliphatic heterocycles. The van der Waals surface area contributed by atoms with E-state index >= 15 is 0 Å². The number of piperazine rings is 1. The average Bonchev–Trinajstić information content (AvgIpc) is 2.98. The van der Waals surface area contributed by atoms with Crippen LogP contribution in [0.5, 0.6) is 0 Å². The molecule has 5 nitrogen and oxygen atoms in total. The van der Waals surface area contributed by atoms with E-state index in [-0.39, 0.29) is 0 Å². The highest BCUT2D eigenvalue weighted by Crippen LogP contribution is 2.31. The molecule has 0 unspecified atom stereocenters. The van der Waals surface area contributed by atoms with E-state index in [1.807, 2.05) is 12.3 Å². The maximum atomic E-state index is 4.55. The molecule has 4 rings (SSSR count). The van der Waals surface area contributed by atoms with Crippen LogP contribution in [0.2, 0.25) is 0 Å². The summed E-state index contributed by atoms with van der Waals surface area (Å²) in [6.07, 6.45) is 3.56. The molecule has 0 aliphatic carbocycles. The highest BCUT2D eigenvalue weighted by molar-refractivity contribution is 7.18. The lowest BCUT2D eigenvalue weighted by atomic mass is 10.2. The van der Waals surface area contributed by atoms with Gasteiger partial charge in [0.1, 0.15) is 12.1 Å². The number of pyridine rings is 1. The van der Waals surface area contributed by atoms with Crippen LogP contribution in [0.4, 0.5) is 5.82 Å². The molecule has 118 valence electrons. The Hall–Kier alpha value is -2.05. The summed E-state index contributed by atoms with van der Waals surface area (Å²) in [5.41, 5.74) is 3.47. The first-order valence-corrected chi connectivity index (χ1v) is 8.75. The first-order chi connectivity index (χ1) is 11.3. The molecule has 1 fully saturated rings. The largest absolute Gasteiger partial charge is 0.353 e. The van der Waals surface area contributed by atoms with Crippen molar-refractivity contribution in [3.05, 3.63) is 47.4 Å². The predicted octanol–water partition coefficient (Wildman–Crippen LogP) is 2.72. The third-order valence-corrected chi connectivity index (χ3v) is 5.38. The molecule has 0 atom stereocenters. The zero-order chi connectivity index (χ0) is 15.6. The molecule has 0 saturated carbocycles. The zero-order valence-corrected chi connectivity index (χ0v) is 14.0. The molecule has 0 spiro atoms. The summed E-state index contributed by atoms with van der Waals surface area (Å²) in [7, 11) is 0. The van der Waals surface area contributed by atoms with E-state index in [9.17, 15) is 0 Å². The van der Waals surface area contributed by atoms with Crippen molar-refractivity contribution in [1.29, 1.82) is 0 Å². The van der Waals surface area contributed by atoms with Gasteiger partial charge in [0.05, 0.1) is 15.9 Å². The van der Waals surface area contributed by atoms with Gasteiger partial charge < -0.3 is 4.90 Å². The van der Waals surface area contributed by atoms with Crippen LogP contribution in [0.1, 0.15) is 11.3 Å². The van der Waals surface area contributed by atoms with Crippen molar-refractivity contribution < 1.29 is 0 Å². The van der Waals surface area contributed by atoms with Crippen LogP contribution >= 0.6 is 11.3 Å². The maximum Gasteiger partial charge on any atom is 0.150 e. The van der Waals surface area contributed by atoms with E-state index in [0.717, 1.165) is 49.8 Å². The van der Waals surface area contributed by atoms with Gasteiger partial charge in [-0.05, 0) is 30.0 Å². The van der Waals surface area contributed by atoms with Gasteiger partial charge in [0, 0.05) is 38.9 Å². The monoisotopic (exact) mass is 325 g/mol. The maximum absolute atomic E-state index is 4.55. The Morgan fingerprint density at radius 1 is 1.09 bits per heavy atom. The Balaban J connectivity index is 1.47. The van der Waals surface area contributed by atoms with Gasteiger partial charge in [-0.2, -0.15) is 0 Å². The van der Waals surface area contributed by atoms with Crippen molar-refractivity contribution in [1.82, 2.24) is 19.9 Å². The van der Waals surface area contributed by atoms with Gasteiger partial charge in [-0.15, -0.1) is 11.3 Å². The zero-order valence-electron chi connectivity index (χ0n) is 13.1. The quantitative estimate of drug-likeness (QED) is 0.741. The number of aryl methyl sites for hydroxylation is 1. The van der Waals surface area contributed by atoms with E-state index in [1.165, 1.54) is 10.3 Å². The van der Waals surface area contributed by atoms with E-state index in [0.29, 0.717) is 0 Å².